The highest BCUT2D eigenvalue weighted by Crippen LogP contribution is 2.36. The van der Waals surface area contributed by atoms with E-state index in [1.54, 1.807) is 24.4 Å². The fourth-order valence-electron chi connectivity index (χ4n) is 2.58. The summed E-state index contributed by atoms with van der Waals surface area (Å²) in [5.74, 6) is -0.375. The molecular weight excluding hydrogens is 296 g/mol. The molecule has 1 aliphatic carbocycles. The van der Waals surface area contributed by atoms with Gasteiger partial charge in [0, 0.05) is 19.0 Å². The third-order valence-electron chi connectivity index (χ3n) is 3.68. The van der Waals surface area contributed by atoms with E-state index in [0.717, 1.165) is 0 Å². The summed E-state index contributed by atoms with van der Waals surface area (Å²) in [6, 6.07) is 5.18. The molecular formula is C16H16N4O3. The van der Waals surface area contributed by atoms with E-state index in [4.69, 9.17) is 0 Å². The van der Waals surface area contributed by atoms with Crippen molar-refractivity contribution >= 4 is 17.1 Å². The molecule has 3 rings (SSSR count). The number of hydrogen-bond donors (Lipinski definition) is 1. The van der Waals surface area contributed by atoms with Crippen LogP contribution < -0.4 is 5.56 Å². The maximum atomic E-state index is 12.3. The number of fused-ring (bicyclic) bond motifs is 1. The fourth-order valence-corrected chi connectivity index (χ4v) is 2.58. The predicted molar refractivity (Wildman–Crippen MR) is 83.7 cm³/mol. The molecule has 0 unspecified atom stereocenters. The van der Waals surface area contributed by atoms with Crippen molar-refractivity contribution in [2.75, 3.05) is 0 Å². The van der Waals surface area contributed by atoms with E-state index in [9.17, 15) is 14.7 Å². The van der Waals surface area contributed by atoms with Crippen molar-refractivity contribution in [3.8, 4) is 0 Å². The lowest BCUT2D eigenvalue weighted by atomic mass is 9.78. The molecule has 2 aromatic rings. The summed E-state index contributed by atoms with van der Waals surface area (Å²) in [4.78, 5) is 28.5. The number of allylic oxidation sites excluding steroid dienone is 2. The number of rotatable bonds is 2. The zero-order valence-corrected chi connectivity index (χ0v) is 12.9. The van der Waals surface area contributed by atoms with Crippen molar-refractivity contribution in [3.63, 3.8) is 0 Å². The Bertz CT molecular complexity index is 909. The van der Waals surface area contributed by atoms with E-state index < -0.39 is 0 Å². The molecule has 0 radical (unpaired) electrons. The second-order valence-electron chi connectivity index (χ2n) is 6.31. The molecule has 0 amide bonds. The van der Waals surface area contributed by atoms with Crippen LogP contribution in [0.1, 0.15) is 26.7 Å². The maximum Gasteiger partial charge on any atom is 0.285 e. The van der Waals surface area contributed by atoms with Crippen molar-refractivity contribution < 1.29 is 9.90 Å². The lowest BCUT2D eigenvalue weighted by molar-refractivity contribution is -0.118. The molecule has 0 saturated carbocycles. The molecule has 23 heavy (non-hydrogen) atoms. The van der Waals surface area contributed by atoms with Gasteiger partial charge in [0.15, 0.2) is 17.2 Å². The first-order chi connectivity index (χ1) is 10.9. The van der Waals surface area contributed by atoms with Crippen LogP contribution in [0.5, 0.6) is 0 Å². The van der Waals surface area contributed by atoms with Crippen molar-refractivity contribution in [2.24, 2.45) is 15.6 Å². The van der Waals surface area contributed by atoms with Gasteiger partial charge in [-0.05, 0) is 17.5 Å². The van der Waals surface area contributed by atoms with E-state index in [-0.39, 0.29) is 40.3 Å². The highest BCUT2D eigenvalue weighted by molar-refractivity contribution is 5.96. The van der Waals surface area contributed by atoms with Gasteiger partial charge in [0.2, 0.25) is 0 Å². The van der Waals surface area contributed by atoms with E-state index >= 15 is 0 Å². The molecule has 1 aliphatic rings. The highest BCUT2D eigenvalue weighted by Gasteiger charge is 2.33. The topological polar surface area (TPSA) is 96.4 Å². The third-order valence-corrected chi connectivity index (χ3v) is 3.68. The first-order valence-electron chi connectivity index (χ1n) is 7.21. The number of aliphatic hydroxyl groups is 1. The fraction of sp³-hybridized carbons (Fsp3) is 0.312. The van der Waals surface area contributed by atoms with Crippen molar-refractivity contribution in [1.29, 1.82) is 0 Å². The van der Waals surface area contributed by atoms with Gasteiger partial charge in [-0.25, -0.2) is 4.98 Å². The summed E-state index contributed by atoms with van der Waals surface area (Å²) in [7, 11) is 0. The first-order valence-corrected chi connectivity index (χ1v) is 7.21. The minimum absolute atomic E-state index is 0.00614. The average Bonchev–Trinajstić information content (AvgIpc) is 2.47. The second kappa shape index (κ2) is 5.42. The monoisotopic (exact) mass is 312 g/mol. The zero-order valence-electron chi connectivity index (χ0n) is 12.9. The Hall–Kier alpha value is -2.83. The Balaban J connectivity index is 1.99. The number of pyridine rings is 1. The number of Topliss-reactive ketones (excluding diaryl/α,β-unsaturated/α-hetero) is 1. The Kier molecular flexibility index (Phi) is 3.55. The summed E-state index contributed by atoms with van der Waals surface area (Å²) in [5, 5.41) is 17.6. The van der Waals surface area contributed by atoms with Gasteiger partial charge < -0.3 is 5.11 Å². The highest BCUT2D eigenvalue weighted by atomic mass is 16.3. The van der Waals surface area contributed by atoms with Crippen molar-refractivity contribution in [2.45, 2.75) is 26.7 Å². The first kappa shape index (κ1) is 15.1. The Morgan fingerprint density at radius 1 is 1.22 bits per heavy atom. The zero-order chi connectivity index (χ0) is 16.6. The number of azo groups is 1. The van der Waals surface area contributed by atoms with Gasteiger partial charge in [-0.2, -0.15) is 0 Å². The summed E-state index contributed by atoms with van der Waals surface area (Å²) in [6.45, 7) is 3.80. The molecule has 0 aromatic carbocycles. The average molecular weight is 312 g/mol. The van der Waals surface area contributed by atoms with Crippen LogP contribution in [-0.2, 0) is 4.79 Å². The number of nitrogens with zero attached hydrogens (tertiary/aromatic N) is 4. The summed E-state index contributed by atoms with van der Waals surface area (Å²) >= 11 is 0. The van der Waals surface area contributed by atoms with Crippen LogP contribution in [-0.4, -0.2) is 20.3 Å². The van der Waals surface area contributed by atoms with Gasteiger partial charge in [-0.3, -0.25) is 14.0 Å². The van der Waals surface area contributed by atoms with E-state index in [1.165, 1.54) is 10.6 Å². The largest absolute Gasteiger partial charge is 0.510 e. The molecule has 1 N–H and O–H groups in total. The lowest BCUT2D eigenvalue weighted by Gasteiger charge is -2.27. The summed E-state index contributed by atoms with van der Waals surface area (Å²) < 4.78 is 1.34. The van der Waals surface area contributed by atoms with Crippen LogP contribution in [0.4, 0.5) is 5.69 Å². The summed E-state index contributed by atoms with van der Waals surface area (Å²) in [6.07, 6.45) is 3.51. The van der Waals surface area contributed by atoms with Crippen LogP contribution in [0.2, 0.25) is 0 Å². The summed E-state index contributed by atoms with van der Waals surface area (Å²) in [5.41, 5.74) is -0.268. The van der Waals surface area contributed by atoms with Gasteiger partial charge >= 0.3 is 0 Å². The number of carbonyl (C=O) groups excluding carboxylic acids is 1. The van der Waals surface area contributed by atoms with Crippen LogP contribution >= 0.6 is 0 Å². The second-order valence-corrected chi connectivity index (χ2v) is 6.31. The quantitative estimate of drug-likeness (QED) is 0.862. The molecule has 0 bridgehead atoms. The lowest BCUT2D eigenvalue weighted by Crippen LogP contribution is -2.25. The van der Waals surface area contributed by atoms with Crippen molar-refractivity contribution in [1.82, 2.24) is 9.38 Å². The molecule has 118 valence electrons. The van der Waals surface area contributed by atoms with Crippen LogP contribution in [0, 0.1) is 5.41 Å². The molecule has 7 nitrogen and oxygen atoms in total. The smallest absolute Gasteiger partial charge is 0.285 e. The maximum absolute atomic E-state index is 12.3. The number of aromatic nitrogens is 2. The number of hydrogen-bond acceptors (Lipinski definition) is 6. The van der Waals surface area contributed by atoms with E-state index in [0.29, 0.717) is 12.1 Å². The molecule has 0 spiro atoms. The molecule has 2 heterocycles. The number of ketones is 1. The minimum atomic E-state index is -0.386. The Morgan fingerprint density at radius 2 is 2.00 bits per heavy atom. The van der Waals surface area contributed by atoms with E-state index in [2.05, 4.69) is 15.2 Å². The van der Waals surface area contributed by atoms with Gasteiger partial charge in [-0.15, -0.1) is 10.2 Å². The SMILES string of the molecule is CC1(C)CC(=O)C(N=Nc2cnc3ccccn3c2=O)=C(O)C1. The van der Waals surface area contributed by atoms with Gasteiger partial charge in [-0.1, -0.05) is 19.9 Å². The van der Waals surface area contributed by atoms with Crippen molar-refractivity contribution in [3.05, 3.63) is 52.4 Å². The van der Waals surface area contributed by atoms with E-state index in [1.807, 2.05) is 13.8 Å². The van der Waals surface area contributed by atoms with Crippen LogP contribution in [0.3, 0.4) is 0 Å². The number of aliphatic hydroxyl groups excluding tert-OH is 1. The van der Waals surface area contributed by atoms with Gasteiger partial charge in [0.1, 0.15) is 11.4 Å². The third kappa shape index (κ3) is 2.90. The van der Waals surface area contributed by atoms with Gasteiger partial charge in [0.25, 0.3) is 5.56 Å². The normalized spacial score (nSPS) is 18.1. The minimum Gasteiger partial charge on any atom is -0.510 e. The molecule has 0 atom stereocenters. The molecule has 2 aromatic heterocycles. The molecule has 7 heteroatoms. The standard InChI is InChI=1S/C16H16N4O3/c1-16(2)7-11(21)14(12(22)8-16)19-18-10-9-17-13-5-3-4-6-20(13)15(10)23/h3-6,9,21H,7-8H2,1-2H3. The predicted octanol–water partition coefficient (Wildman–Crippen LogP) is 2.94. The number of carbonyl (C=O) groups is 1. The van der Waals surface area contributed by atoms with Crippen LogP contribution in [0.15, 0.2) is 57.1 Å². The Morgan fingerprint density at radius 3 is 2.74 bits per heavy atom. The Labute approximate surface area is 132 Å². The van der Waals surface area contributed by atoms with Crippen LogP contribution in [0.25, 0.3) is 5.65 Å². The molecule has 0 saturated heterocycles. The molecule has 0 fully saturated rings. The molecule has 0 aliphatic heterocycles. The van der Waals surface area contributed by atoms with Gasteiger partial charge in [0.05, 0.1) is 6.20 Å².